The molecule has 1 unspecified atom stereocenters. The number of nitrogens with zero attached hydrogens (tertiary/aromatic N) is 2. The zero-order valence-electron chi connectivity index (χ0n) is 17.2. The van der Waals surface area contributed by atoms with Gasteiger partial charge in [0.15, 0.2) is 0 Å². The molecule has 3 rings (SSSR count). The first-order valence-electron chi connectivity index (χ1n) is 10.7. The number of benzene rings is 1. The molecule has 8 heteroatoms. The average Bonchev–Trinajstić information content (AvgIpc) is 3.25. The summed E-state index contributed by atoms with van der Waals surface area (Å²) in [6.45, 7) is 0. The Kier molecular flexibility index (Phi) is 8.74. The lowest BCUT2D eigenvalue weighted by Gasteiger charge is -2.21. The van der Waals surface area contributed by atoms with Gasteiger partial charge in [0.1, 0.15) is 0 Å². The monoisotopic (exact) mass is 430 g/mol. The molecule has 1 aliphatic rings. The molecule has 0 spiro atoms. The van der Waals surface area contributed by atoms with Gasteiger partial charge in [-0.2, -0.15) is 4.98 Å². The maximum atomic E-state index is 12.3. The van der Waals surface area contributed by atoms with E-state index in [1.165, 1.54) is 44.1 Å². The van der Waals surface area contributed by atoms with Crippen molar-refractivity contribution in [3.8, 4) is 0 Å². The average molecular weight is 431 g/mol. The second-order valence-electron chi connectivity index (χ2n) is 7.96. The van der Waals surface area contributed by atoms with Crippen molar-refractivity contribution in [3.05, 3.63) is 47.6 Å². The fourth-order valence-electron chi connectivity index (χ4n) is 3.98. The Morgan fingerprint density at radius 3 is 2.70 bits per heavy atom. The first-order chi connectivity index (χ1) is 14.6. The largest absolute Gasteiger partial charge is 0.370 e. The lowest BCUT2D eigenvalue weighted by atomic mass is 9.84. The summed E-state index contributed by atoms with van der Waals surface area (Å²) in [7, 11) is 0. The SMILES string of the molecule is NC(=O)CC(CCCC1CCCCC1)c1nc(C(=O)NSCc2ccccc2)no1. The van der Waals surface area contributed by atoms with Gasteiger partial charge in [-0.25, -0.2) is 0 Å². The molecule has 1 aromatic heterocycles. The molecule has 1 saturated carbocycles. The summed E-state index contributed by atoms with van der Waals surface area (Å²) in [6.07, 6.45) is 9.61. The van der Waals surface area contributed by atoms with E-state index in [1.807, 2.05) is 30.3 Å². The molecule has 0 bridgehead atoms. The molecule has 0 radical (unpaired) electrons. The lowest BCUT2D eigenvalue weighted by molar-refractivity contribution is -0.118. The van der Waals surface area contributed by atoms with Gasteiger partial charge in [-0.15, -0.1) is 0 Å². The summed E-state index contributed by atoms with van der Waals surface area (Å²) in [4.78, 5) is 28.1. The van der Waals surface area contributed by atoms with Crippen molar-refractivity contribution < 1.29 is 14.1 Å². The van der Waals surface area contributed by atoms with E-state index in [9.17, 15) is 9.59 Å². The van der Waals surface area contributed by atoms with Crippen LogP contribution in [0.4, 0.5) is 0 Å². The number of hydrogen-bond acceptors (Lipinski definition) is 6. The molecule has 1 heterocycles. The number of nitrogens with two attached hydrogens (primary N) is 1. The molecule has 2 amide bonds. The Bertz CT molecular complexity index is 806. The van der Waals surface area contributed by atoms with E-state index in [0.29, 0.717) is 11.6 Å². The van der Waals surface area contributed by atoms with Crippen LogP contribution in [-0.2, 0) is 10.5 Å². The van der Waals surface area contributed by atoms with Gasteiger partial charge in [-0.1, -0.05) is 80.4 Å². The van der Waals surface area contributed by atoms with Gasteiger partial charge in [0.25, 0.3) is 5.82 Å². The summed E-state index contributed by atoms with van der Waals surface area (Å²) in [5, 5.41) is 3.80. The van der Waals surface area contributed by atoms with Crippen LogP contribution < -0.4 is 10.5 Å². The lowest BCUT2D eigenvalue weighted by Crippen LogP contribution is -2.18. The third-order valence-electron chi connectivity index (χ3n) is 5.58. The van der Waals surface area contributed by atoms with Crippen LogP contribution in [-0.4, -0.2) is 22.0 Å². The third-order valence-corrected chi connectivity index (χ3v) is 6.39. The van der Waals surface area contributed by atoms with E-state index >= 15 is 0 Å². The second kappa shape index (κ2) is 11.7. The Balaban J connectivity index is 1.50. The molecule has 7 nitrogen and oxygen atoms in total. The van der Waals surface area contributed by atoms with Crippen molar-refractivity contribution in [2.24, 2.45) is 11.7 Å². The van der Waals surface area contributed by atoms with Crippen LogP contribution in [0, 0.1) is 5.92 Å². The van der Waals surface area contributed by atoms with E-state index in [1.54, 1.807) is 0 Å². The number of amides is 2. The fraction of sp³-hybridized carbons (Fsp3) is 0.545. The van der Waals surface area contributed by atoms with E-state index in [4.69, 9.17) is 10.3 Å². The number of nitrogens with one attached hydrogen (secondary N) is 1. The summed E-state index contributed by atoms with van der Waals surface area (Å²) in [6, 6.07) is 9.85. The highest BCUT2D eigenvalue weighted by Gasteiger charge is 2.24. The van der Waals surface area contributed by atoms with Crippen LogP contribution in [0.25, 0.3) is 0 Å². The van der Waals surface area contributed by atoms with E-state index in [2.05, 4.69) is 14.9 Å². The van der Waals surface area contributed by atoms with Gasteiger partial charge < -0.3 is 10.3 Å². The molecule has 162 valence electrons. The highest BCUT2D eigenvalue weighted by molar-refractivity contribution is 7.97. The minimum Gasteiger partial charge on any atom is -0.370 e. The smallest absolute Gasteiger partial charge is 0.302 e. The fourth-order valence-corrected chi connectivity index (χ4v) is 4.64. The number of rotatable bonds is 11. The first-order valence-corrected chi connectivity index (χ1v) is 11.7. The molecule has 1 aliphatic carbocycles. The topological polar surface area (TPSA) is 111 Å². The second-order valence-corrected chi connectivity index (χ2v) is 8.75. The number of carbonyl (C=O) groups excluding carboxylic acids is 2. The molecular weight excluding hydrogens is 400 g/mol. The number of carbonyl (C=O) groups is 2. The minimum atomic E-state index is -0.411. The van der Waals surface area contributed by atoms with Gasteiger partial charge >= 0.3 is 5.91 Å². The zero-order valence-corrected chi connectivity index (χ0v) is 18.0. The molecule has 0 saturated heterocycles. The summed E-state index contributed by atoms with van der Waals surface area (Å²) < 4.78 is 8.04. The maximum Gasteiger partial charge on any atom is 0.302 e. The van der Waals surface area contributed by atoms with Crippen molar-refractivity contribution >= 4 is 23.8 Å². The molecular formula is C22H30N4O3S. The number of primary amides is 1. The highest BCUT2D eigenvalue weighted by atomic mass is 32.2. The first kappa shape index (κ1) is 22.3. The molecule has 1 aromatic carbocycles. The third kappa shape index (κ3) is 7.16. The van der Waals surface area contributed by atoms with Crippen LogP contribution in [0.1, 0.15) is 85.8 Å². The Morgan fingerprint density at radius 1 is 1.20 bits per heavy atom. The maximum absolute atomic E-state index is 12.3. The standard InChI is InChI=1S/C22H30N4O3S/c23-19(27)14-18(13-7-12-16-8-3-1-4-9-16)22-24-20(25-29-22)21(28)26-30-15-17-10-5-2-6-11-17/h2,5-6,10-11,16,18H,1,3-4,7-9,12-15H2,(H2,23,27)(H,26,28). The predicted molar refractivity (Wildman–Crippen MR) is 116 cm³/mol. The van der Waals surface area contributed by atoms with Gasteiger partial charge in [0.2, 0.25) is 11.8 Å². The van der Waals surface area contributed by atoms with Gasteiger partial charge in [0.05, 0.1) is 0 Å². The quantitative estimate of drug-likeness (QED) is 0.513. The number of aromatic nitrogens is 2. The molecule has 30 heavy (non-hydrogen) atoms. The number of hydrogen-bond donors (Lipinski definition) is 2. The normalized spacial score (nSPS) is 15.6. The van der Waals surface area contributed by atoms with Crippen LogP contribution in [0.3, 0.4) is 0 Å². The van der Waals surface area contributed by atoms with Gasteiger partial charge in [-0.05, 0) is 29.9 Å². The van der Waals surface area contributed by atoms with Crippen LogP contribution >= 0.6 is 11.9 Å². The Labute approximate surface area is 181 Å². The predicted octanol–water partition coefficient (Wildman–Crippen LogP) is 4.36. The van der Waals surface area contributed by atoms with Crippen molar-refractivity contribution in [2.45, 2.75) is 69.5 Å². The summed E-state index contributed by atoms with van der Waals surface area (Å²) in [5.74, 6) is 0.660. The van der Waals surface area contributed by atoms with Gasteiger partial charge in [0, 0.05) is 18.1 Å². The van der Waals surface area contributed by atoms with Crippen LogP contribution in [0.5, 0.6) is 0 Å². The van der Waals surface area contributed by atoms with E-state index in [0.717, 1.165) is 30.7 Å². The Morgan fingerprint density at radius 2 is 1.97 bits per heavy atom. The van der Waals surface area contributed by atoms with Crippen LogP contribution in [0.15, 0.2) is 34.9 Å². The molecule has 0 aliphatic heterocycles. The summed E-state index contributed by atoms with van der Waals surface area (Å²) in [5.41, 5.74) is 6.53. The zero-order chi connectivity index (χ0) is 21.2. The van der Waals surface area contributed by atoms with Crippen molar-refractivity contribution in [1.82, 2.24) is 14.9 Å². The Hall–Kier alpha value is -2.35. The highest BCUT2D eigenvalue weighted by Crippen LogP contribution is 2.31. The molecule has 3 N–H and O–H groups in total. The minimum absolute atomic E-state index is 0.0210. The molecule has 1 atom stereocenters. The van der Waals surface area contributed by atoms with Crippen molar-refractivity contribution in [2.75, 3.05) is 0 Å². The van der Waals surface area contributed by atoms with Crippen LogP contribution in [0.2, 0.25) is 0 Å². The summed E-state index contributed by atoms with van der Waals surface area (Å²) >= 11 is 1.27. The van der Waals surface area contributed by atoms with Crippen molar-refractivity contribution in [3.63, 3.8) is 0 Å². The molecule has 2 aromatic rings. The van der Waals surface area contributed by atoms with Crippen molar-refractivity contribution in [1.29, 1.82) is 0 Å². The van der Waals surface area contributed by atoms with Gasteiger partial charge in [-0.3, -0.25) is 14.3 Å². The molecule has 1 fully saturated rings. The van der Waals surface area contributed by atoms with E-state index < -0.39 is 11.8 Å². The van der Waals surface area contributed by atoms with E-state index in [-0.39, 0.29) is 18.2 Å².